The van der Waals surface area contributed by atoms with Crippen molar-refractivity contribution in [3.63, 3.8) is 0 Å². The van der Waals surface area contributed by atoms with Gasteiger partial charge in [0.25, 0.3) is 0 Å². The van der Waals surface area contributed by atoms with Crippen molar-refractivity contribution in [1.82, 2.24) is 0 Å². The highest BCUT2D eigenvalue weighted by Gasteiger charge is 2.33. The van der Waals surface area contributed by atoms with Gasteiger partial charge >= 0.3 is 5.97 Å². The van der Waals surface area contributed by atoms with E-state index in [1.807, 2.05) is 18.2 Å². The van der Waals surface area contributed by atoms with Crippen LogP contribution in [0.25, 0.3) is 0 Å². The van der Waals surface area contributed by atoms with E-state index in [1.54, 1.807) is 0 Å². The number of nitrogens with two attached hydrogens (primary N) is 1. The quantitative estimate of drug-likeness (QED) is 0.847. The summed E-state index contributed by atoms with van der Waals surface area (Å²) in [4.78, 5) is 11.7. The number of carbonyl (C=O) groups excluding carboxylic acids is 1. The minimum absolute atomic E-state index is 0.0671. The Balaban J connectivity index is 2.00. The van der Waals surface area contributed by atoms with Crippen LogP contribution in [0.15, 0.2) is 30.3 Å². The van der Waals surface area contributed by atoms with Crippen molar-refractivity contribution in [3.8, 4) is 0 Å². The second kappa shape index (κ2) is 6.20. The highest BCUT2D eigenvalue weighted by Crippen LogP contribution is 2.27. The van der Waals surface area contributed by atoms with Crippen molar-refractivity contribution in [1.29, 1.82) is 0 Å². The summed E-state index contributed by atoms with van der Waals surface area (Å²) in [5.74, 6) is 0.569. The fourth-order valence-corrected chi connectivity index (χ4v) is 2.68. The first-order valence-corrected chi connectivity index (χ1v) is 7.05. The van der Waals surface area contributed by atoms with Gasteiger partial charge in [0.15, 0.2) is 0 Å². The highest BCUT2D eigenvalue weighted by atomic mass is 16.5. The van der Waals surface area contributed by atoms with Crippen LogP contribution in [-0.2, 0) is 16.0 Å². The van der Waals surface area contributed by atoms with Crippen LogP contribution in [0, 0.1) is 11.8 Å². The fraction of sp³-hybridized carbons (Fsp3) is 0.562. The summed E-state index contributed by atoms with van der Waals surface area (Å²) in [5.41, 5.74) is 7.41. The minimum atomic E-state index is -0.130. The Kier molecular flexibility index (Phi) is 4.59. The highest BCUT2D eigenvalue weighted by molar-refractivity contribution is 5.70. The Labute approximate surface area is 115 Å². The number of esters is 1. The lowest BCUT2D eigenvalue weighted by Crippen LogP contribution is -2.46. The monoisotopic (exact) mass is 261 g/mol. The van der Waals surface area contributed by atoms with Crippen LogP contribution < -0.4 is 5.73 Å². The third-order valence-corrected chi connectivity index (χ3v) is 3.87. The van der Waals surface area contributed by atoms with E-state index >= 15 is 0 Å². The van der Waals surface area contributed by atoms with Crippen LogP contribution in [-0.4, -0.2) is 18.1 Å². The van der Waals surface area contributed by atoms with Gasteiger partial charge in [0.2, 0.25) is 0 Å². The smallest absolute Gasteiger partial charge is 0.306 e. The van der Waals surface area contributed by atoms with Crippen molar-refractivity contribution in [3.05, 3.63) is 35.9 Å². The summed E-state index contributed by atoms with van der Waals surface area (Å²) >= 11 is 0. The number of ether oxygens (including phenoxy) is 1. The van der Waals surface area contributed by atoms with Crippen molar-refractivity contribution in [2.24, 2.45) is 17.6 Å². The maximum absolute atomic E-state index is 11.7. The van der Waals surface area contributed by atoms with Gasteiger partial charge in [0.1, 0.15) is 6.10 Å². The molecule has 1 heterocycles. The maximum Gasteiger partial charge on any atom is 0.306 e. The lowest BCUT2D eigenvalue weighted by molar-refractivity contribution is -0.158. The van der Waals surface area contributed by atoms with E-state index in [0.29, 0.717) is 18.3 Å². The molecule has 1 saturated heterocycles. The van der Waals surface area contributed by atoms with Gasteiger partial charge in [-0.15, -0.1) is 0 Å². The number of rotatable bonds is 4. The molecule has 104 valence electrons. The van der Waals surface area contributed by atoms with Crippen molar-refractivity contribution < 1.29 is 9.53 Å². The molecule has 0 saturated carbocycles. The predicted molar refractivity (Wildman–Crippen MR) is 75.6 cm³/mol. The molecule has 1 aromatic carbocycles. The molecule has 0 bridgehead atoms. The first kappa shape index (κ1) is 14.1. The van der Waals surface area contributed by atoms with Gasteiger partial charge in [-0.05, 0) is 30.2 Å². The summed E-state index contributed by atoms with van der Waals surface area (Å²) in [6.07, 6.45) is 2.18. The molecule has 1 aliphatic heterocycles. The van der Waals surface area contributed by atoms with Gasteiger partial charge in [-0.2, -0.15) is 0 Å². The van der Waals surface area contributed by atoms with Crippen LogP contribution in [0.1, 0.15) is 32.3 Å². The Morgan fingerprint density at radius 1 is 1.32 bits per heavy atom. The lowest BCUT2D eigenvalue weighted by atomic mass is 9.84. The molecule has 0 aliphatic carbocycles. The van der Waals surface area contributed by atoms with Crippen molar-refractivity contribution in [2.75, 3.05) is 0 Å². The van der Waals surface area contributed by atoms with Crippen LogP contribution in [0.2, 0.25) is 0 Å². The zero-order valence-electron chi connectivity index (χ0n) is 11.7. The van der Waals surface area contributed by atoms with Gasteiger partial charge in [0, 0.05) is 12.5 Å². The summed E-state index contributed by atoms with van der Waals surface area (Å²) in [6.45, 7) is 4.14. The summed E-state index contributed by atoms with van der Waals surface area (Å²) < 4.78 is 5.41. The molecule has 1 aliphatic rings. The van der Waals surface area contributed by atoms with Gasteiger partial charge in [0.05, 0.1) is 0 Å². The summed E-state index contributed by atoms with van der Waals surface area (Å²) in [5, 5.41) is 0. The molecule has 1 fully saturated rings. The molecule has 3 atom stereocenters. The third-order valence-electron chi connectivity index (χ3n) is 3.87. The normalized spacial score (nSPS) is 25.2. The zero-order valence-corrected chi connectivity index (χ0v) is 11.7. The molecular formula is C16H23NO2. The first-order valence-electron chi connectivity index (χ1n) is 7.05. The van der Waals surface area contributed by atoms with Gasteiger partial charge in [-0.1, -0.05) is 44.2 Å². The average molecular weight is 261 g/mol. The maximum atomic E-state index is 11.7. The average Bonchev–Trinajstić information content (AvgIpc) is 2.38. The second-order valence-electron chi connectivity index (χ2n) is 5.85. The van der Waals surface area contributed by atoms with Crippen LogP contribution in [0.3, 0.4) is 0 Å². The van der Waals surface area contributed by atoms with E-state index in [-0.39, 0.29) is 18.1 Å². The largest absolute Gasteiger partial charge is 0.461 e. The Bertz CT molecular complexity index is 416. The lowest BCUT2D eigenvalue weighted by Gasteiger charge is -2.34. The van der Waals surface area contributed by atoms with Crippen LogP contribution in [0.5, 0.6) is 0 Å². The molecule has 0 spiro atoms. The van der Waals surface area contributed by atoms with Crippen molar-refractivity contribution >= 4 is 5.97 Å². The second-order valence-corrected chi connectivity index (χ2v) is 5.85. The molecule has 2 N–H and O–H groups in total. The SMILES string of the molecule is CC(C)C(N)C1CC(Cc2ccccc2)CC(=O)O1. The number of hydrogen-bond acceptors (Lipinski definition) is 3. The molecule has 3 heteroatoms. The molecule has 0 aromatic heterocycles. The van der Waals surface area contributed by atoms with E-state index in [0.717, 1.165) is 12.8 Å². The zero-order chi connectivity index (χ0) is 13.8. The number of benzene rings is 1. The summed E-state index contributed by atoms with van der Waals surface area (Å²) in [6, 6.07) is 10.2. The number of hydrogen-bond donors (Lipinski definition) is 1. The number of carbonyl (C=O) groups is 1. The van der Waals surface area contributed by atoms with E-state index in [4.69, 9.17) is 10.5 Å². The number of cyclic esters (lactones) is 1. The standard InChI is InChI=1S/C16H23NO2/c1-11(2)16(17)14-9-13(10-15(18)19-14)8-12-6-4-3-5-7-12/h3-7,11,13-14,16H,8-10,17H2,1-2H3. The molecule has 0 radical (unpaired) electrons. The van der Waals surface area contributed by atoms with E-state index in [2.05, 4.69) is 26.0 Å². The molecule has 1 aromatic rings. The van der Waals surface area contributed by atoms with Crippen molar-refractivity contribution in [2.45, 2.75) is 45.3 Å². The Morgan fingerprint density at radius 2 is 2.00 bits per heavy atom. The molecular weight excluding hydrogens is 238 g/mol. The molecule has 0 amide bonds. The topological polar surface area (TPSA) is 52.3 Å². The molecule has 19 heavy (non-hydrogen) atoms. The van der Waals surface area contributed by atoms with Gasteiger partial charge in [-0.25, -0.2) is 0 Å². The molecule has 3 unspecified atom stereocenters. The van der Waals surface area contributed by atoms with Gasteiger partial charge in [-0.3, -0.25) is 4.79 Å². The fourth-order valence-electron chi connectivity index (χ4n) is 2.68. The van der Waals surface area contributed by atoms with E-state index in [1.165, 1.54) is 5.56 Å². The van der Waals surface area contributed by atoms with E-state index < -0.39 is 0 Å². The predicted octanol–water partition coefficient (Wildman–Crippen LogP) is 2.53. The Morgan fingerprint density at radius 3 is 2.63 bits per heavy atom. The van der Waals surface area contributed by atoms with Gasteiger partial charge < -0.3 is 10.5 Å². The van der Waals surface area contributed by atoms with E-state index in [9.17, 15) is 4.79 Å². The third kappa shape index (κ3) is 3.80. The summed E-state index contributed by atoms with van der Waals surface area (Å²) in [7, 11) is 0. The first-order chi connectivity index (χ1) is 9.06. The van der Waals surface area contributed by atoms with Crippen LogP contribution in [0.4, 0.5) is 0 Å². The molecule has 3 nitrogen and oxygen atoms in total. The van der Waals surface area contributed by atoms with Crippen LogP contribution >= 0.6 is 0 Å². The minimum Gasteiger partial charge on any atom is -0.461 e. The Hall–Kier alpha value is -1.35. The molecule has 2 rings (SSSR count).